The molecule has 1 aliphatic carbocycles. The van der Waals surface area contributed by atoms with Gasteiger partial charge in [-0.2, -0.15) is 0 Å². The summed E-state index contributed by atoms with van der Waals surface area (Å²) >= 11 is 0. The van der Waals surface area contributed by atoms with Crippen molar-refractivity contribution in [2.45, 2.75) is 38.2 Å². The Bertz CT molecular complexity index is 172. The van der Waals surface area contributed by atoms with E-state index in [-0.39, 0.29) is 19.2 Å². The van der Waals surface area contributed by atoms with Gasteiger partial charge in [0, 0.05) is 0 Å². The quantitative estimate of drug-likeness (QED) is 0.486. The first-order valence-corrected chi connectivity index (χ1v) is 4.57. The third-order valence-corrected chi connectivity index (χ3v) is 2.12. The van der Waals surface area contributed by atoms with Crippen molar-refractivity contribution in [3.05, 3.63) is 0 Å². The van der Waals surface area contributed by atoms with Crippen LogP contribution in [0.15, 0.2) is 0 Å². The topological polar surface area (TPSA) is 52.6 Å². The van der Waals surface area contributed by atoms with E-state index in [2.05, 4.69) is 4.74 Å². The molecule has 13 heavy (non-hydrogen) atoms. The third-order valence-electron chi connectivity index (χ3n) is 2.12. The SMILES string of the molecule is O=COCC(=O)OC1CCCCC1. The minimum absolute atomic E-state index is 0.0384. The van der Waals surface area contributed by atoms with E-state index >= 15 is 0 Å². The van der Waals surface area contributed by atoms with Gasteiger partial charge < -0.3 is 9.47 Å². The average molecular weight is 186 g/mol. The van der Waals surface area contributed by atoms with E-state index < -0.39 is 5.97 Å². The lowest BCUT2D eigenvalue weighted by Crippen LogP contribution is -2.23. The van der Waals surface area contributed by atoms with E-state index in [9.17, 15) is 9.59 Å². The molecule has 0 unspecified atom stereocenters. The Kier molecular flexibility index (Phi) is 4.29. The van der Waals surface area contributed by atoms with Crippen molar-refractivity contribution in [2.75, 3.05) is 6.61 Å². The molecule has 0 saturated heterocycles. The lowest BCUT2D eigenvalue weighted by atomic mass is 9.98. The summed E-state index contributed by atoms with van der Waals surface area (Å²) in [5, 5.41) is 0. The summed E-state index contributed by atoms with van der Waals surface area (Å²) in [4.78, 5) is 20.7. The highest BCUT2D eigenvalue weighted by atomic mass is 16.6. The molecule has 1 fully saturated rings. The zero-order valence-corrected chi connectivity index (χ0v) is 7.53. The fourth-order valence-electron chi connectivity index (χ4n) is 1.50. The lowest BCUT2D eigenvalue weighted by molar-refractivity contribution is -0.158. The van der Waals surface area contributed by atoms with E-state index in [1.54, 1.807) is 0 Å². The molecule has 0 aromatic rings. The molecule has 1 saturated carbocycles. The molecule has 0 aliphatic heterocycles. The second-order valence-corrected chi connectivity index (χ2v) is 3.16. The van der Waals surface area contributed by atoms with Gasteiger partial charge in [-0.1, -0.05) is 6.42 Å². The van der Waals surface area contributed by atoms with Crippen LogP contribution in [0.2, 0.25) is 0 Å². The van der Waals surface area contributed by atoms with Crippen molar-refractivity contribution in [2.24, 2.45) is 0 Å². The number of hydrogen-bond donors (Lipinski definition) is 0. The van der Waals surface area contributed by atoms with E-state index in [0.29, 0.717) is 0 Å². The van der Waals surface area contributed by atoms with E-state index in [4.69, 9.17) is 4.74 Å². The zero-order valence-electron chi connectivity index (χ0n) is 7.53. The summed E-state index contributed by atoms with van der Waals surface area (Å²) in [6.07, 6.45) is 5.37. The van der Waals surface area contributed by atoms with Crippen molar-refractivity contribution in [3.63, 3.8) is 0 Å². The minimum Gasteiger partial charge on any atom is -0.460 e. The van der Waals surface area contributed by atoms with Crippen LogP contribution in [0.5, 0.6) is 0 Å². The second kappa shape index (κ2) is 5.56. The zero-order chi connectivity index (χ0) is 9.52. The smallest absolute Gasteiger partial charge is 0.344 e. The van der Waals surface area contributed by atoms with Crippen LogP contribution in [-0.4, -0.2) is 25.2 Å². The van der Waals surface area contributed by atoms with Crippen molar-refractivity contribution < 1.29 is 19.1 Å². The maximum atomic E-state index is 11.0. The highest BCUT2D eigenvalue weighted by Gasteiger charge is 2.17. The Labute approximate surface area is 77.2 Å². The maximum Gasteiger partial charge on any atom is 0.344 e. The third kappa shape index (κ3) is 3.92. The van der Waals surface area contributed by atoms with Gasteiger partial charge in [-0.15, -0.1) is 0 Å². The first-order chi connectivity index (χ1) is 6.33. The molecule has 4 heteroatoms. The van der Waals surface area contributed by atoms with Crippen molar-refractivity contribution in [3.8, 4) is 0 Å². The lowest BCUT2D eigenvalue weighted by Gasteiger charge is -2.21. The molecule has 74 valence electrons. The minimum atomic E-state index is -0.445. The van der Waals surface area contributed by atoms with Crippen LogP contribution < -0.4 is 0 Å². The molecule has 0 heterocycles. The van der Waals surface area contributed by atoms with Crippen LogP contribution in [0.25, 0.3) is 0 Å². The number of rotatable bonds is 4. The second-order valence-electron chi connectivity index (χ2n) is 3.16. The number of carbonyl (C=O) groups excluding carboxylic acids is 2. The summed E-state index contributed by atoms with van der Waals surface area (Å²) in [5.41, 5.74) is 0. The van der Waals surface area contributed by atoms with Gasteiger partial charge in [0.15, 0.2) is 6.61 Å². The van der Waals surface area contributed by atoms with Crippen molar-refractivity contribution >= 4 is 12.4 Å². The van der Waals surface area contributed by atoms with Gasteiger partial charge in [0.2, 0.25) is 0 Å². The predicted octanol–water partition coefficient (Wildman–Crippen LogP) is 1.04. The largest absolute Gasteiger partial charge is 0.460 e. The molecule has 4 nitrogen and oxygen atoms in total. The maximum absolute atomic E-state index is 11.0. The van der Waals surface area contributed by atoms with E-state index in [1.807, 2.05) is 0 Å². The molecule has 0 aromatic heterocycles. The van der Waals surface area contributed by atoms with Crippen molar-refractivity contribution in [1.29, 1.82) is 0 Å². The fraction of sp³-hybridized carbons (Fsp3) is 0.778. The summed E-state index contributed by atoms with van der Waals surface area (Å²) in [6.45, 7) is -0.0118. The van der Waals surface area contributed by atoms with Crippen LogP contribution in [0, 0.1) is 0 Å². The Morgan fingerprint density at radius 1 is 1.31 bits per heavy atom. The highest BCUT2D eigenvalue weighted by Crippen LogP contribution is 2.20. The van der Waals surface area contributed by atoms with Crippen LogP contribution in [0.4, 0.5) is 0 Å². The molecule has 1 aliphatic rings. The van der Waals surface area contributed by atoms with Crippen LogP contribution in [0.1, 0.15) is 32.1 Å². The number of hydrogen-bond acceptors (Lipinski definition) is 4. The Balaban J connectivity index is 2.14. The number of carbonyl (C=O) groups is 2. The Morgan fingerprint density at radius 2 is 2.00 bits per heavy atom. The number of ether oxygens (including phenoxy) is 2. The molecule has 1 rings (SSSR count). The summed E-state index contributed by atoms with van der Waals surface area (Å²) in [6, 6.07) is 0. The fourth-order valence-corrected chi connectivity index (χ4v) is 1.50. The van der Waals surface area contributed by atoms with Gasteiger partial charge in [-0.25, -0.2) is 4.79 Å². The van der Waals surface area contributed by atoms with Gasteiger partial charge in [0.25, 0.3) is 6.47 Å². The highest BCUT2D eigenvalue weighted by molar-refractivity contribution is 5.72. The molecular formula is C9H14O4. The molecule has 0 aromatic carbocycles. The average Bonchev–Trinajstić information content (AvgIpc) is 2.16. The molecular weight excluding hydrogens is 172 g/mol. The molecule has 0 spiro atoms. The molecule has 0 N–H and O–H groups in total. The van der Waals surface area contributed by atoms with Gasteiger partial charge in [-0.05, 0) is 25.7 Å². The summed E-state index contributed by atoms with van der Waals surface area (Å²) < 4.78 is 9.35. The Morgan fingerprint density at radius 3 is 2.62 bits per heavy atom. The van der Waals surface area contributed by atoms with E-state index in [0.717, 1.165) is 25.7 Å². The molecule has 0 radical (unpaired) electrons. The first kappa shape index (κ1) is 10.0. The van der Waals surface area contributed by atoms with Gasteiger partial charge in [0.1, 0.15) is 6.10 Å². The molecule has 0 bridgehead atoms. The van der Waals surface area contributed by atoms with Gasteiger partial charge in [0.05, 0.1) is 0 Å². The summed E-state index contributed by atoms with van der Waals surface area (Å²) in [5.74, 6) is -0.445. The van der Waals surface area contributed by atoms with Crippen LogP contribution >= 0.6 is 0 Å². The normalized spacial score (nSPS) is 17.8. The first-order valence-electron chi connectivity index (χ1n) is 4.57. The van der Waals surface area contributed by atoms with Gasteiger partial charge in [-0.3, -0.25) is 4.79 Å². The van der Waals surface area contributed by atoms with E-state index in [1.165, 1.54) is 6.42 Å². The monoisotopic (exact) mass is 186 g/mol. The summed E-state index contributed by atoms with van der Waals surface area (Å²) in [7, 11) is 0. The predicted molar refractivity (Wildman–Crippen MR) is 45.0 cm³/mol. The van der Waals surface area contributed by atoms with Crippen LogP contribution in [-0.2, 0) is 19.1 Å². The Hall–Kier alpha value is -1.06. The van der Waals surface area contributed by atoms with Crippen molar-refractivity contribution in [1.82, 2.24) is 0 Å². The standard InChI is InChI=1S/C9H14O4/c10-7-12-6-9(11)13-8-4-2-1-3-5-8/h7-8H,1-6H2. The number of esters is 1. The molecule has 0 atom stereocenters. The van der Waals surface area contributed by atoms with Crippen LogP contribution in [0.3, 0.4) is 0 Å². The van der Waals surface area contributed by atoms with Gasteiger partial charge >= 0.3 is 5.97 Å². The molecule has 0 amide bonds.